The Balaban J connectivity index is 0. The highest BCUT2D eigenvalue weighted by atomic mass is 16.6. The average Bonchev–Trinajstić information content (AvgIpc) is 2.59. The zero-order valence-electron chi connectivity index (χ0n) is 16.0. The van der Waals surface area contributed by atoms with Crippen molar-refractivity contribution in [2.75, 3.05) is 26.4 Å². The number of hydrogen-bond donors (Lipinski definition) is 0. The summed E-state index contributed by atoms with van der Waals surface area (Å²) in [6.45, 7) is 19.4. The molecule has 6 nitrogen and oxygen atoms in total. The van der Waals surface area contributed by atoms with Crippen LogP contribution >= 0.6 is 0 Å². The summed E-state index contributed by atoms with van der Waals surface area (Å²) < 4.78 is 20.1. The van der Waals surface area contributed by atoms with Crippen LogP contribution < -0.4 is 0 Å². The second kappa shape index (κ2) is 19.1. The summed E-state index contributed by atoms with van der Waals surface area (Å²) in [5, 5.41) is 0. The Bertz CT molecular complexity index is 430. The van der Waals surface area contributed by atoms with E-state index in [4.69, 9.17) is 18.9 Å². The monoisotopic (exact) mass is 368 g/mol. The van der Waals surface area contributed by atoms with Gasteiger partial charge < -0.3 is 18.9 Å². The van der Waals surface area contributed by atoms with E-state index in [0.717, 1.165) is 0 Å². The number of rotatable bonds is 14. The molecule has 0 heterocycles. The zero-order chi connectivity index (χ0) is 20.2. The number of ether oxygens (including phenoxy) is 4. The first-order valence-electron chi connectivity index (χ1n) is 8.39. The number of carbonyl (C=O) groups is 2. The Labute approximate surface area is 157 Å². The van der Waals surface area contributed by atoms with Gasteiger partial charge in [0.15, 0.2) is 0 Å². The van der Waals surface area contributed by atoms with E-state index in [9.17, 15) is 9.59 Å². The van der Waals surface area contributed by atoms with Crippen molar-refractivity contribution >= 4 is 11.9 Å². The molecule has 0 fully saturated rings. The molecule has 0 N–H and O–H groups in total. The molecule has 0 aliphatic carbocycles. The zero-order valence-corrected chi connectivity index (χ0v) is 16.0. The smallest absolute Gasteiger partial charge is 0.310 e. The molecule has 0 aliphatic rings. The highest BCUT2D eigenvalue weighted by Gasteiger charge is 2.10. The molecule has 6 heteroatoms. The topological polar surface area (TPSA) is 71.1 Å². The fourth-order valence-corrected chi connectivity index (χ4v) is 1.41. The van der Waals surface area contributed by atoms with Crippen LogP contribution in [0.25, 0.3) is 0 Å². The van der Waals surface area contributed by atoms with Gasteiger partial charge in [0.25, 0.3) is 0 Å². The third-order valence-electron chi connectivity index (χ3n) is 2.52. The predicted molar refractivity (Wildman–Crippen MR) is 103 cm³/mol. The van der Waals surface area contributed by atoms with E-state index in [1.54, 1.807) is 19.1 Å². The summed E-state index contributed by atoms with van der Waals surface area (Å²) in [7, 11) is 0. The molecule has 0 saturated carbocycles. The van der Waals surface area contributed by atoms with Crippen LogP contribution in [0.5, 0.6) is 0 Å². The van der Waals surface area contributed by atoms with Gasteiger partial charge in [-0.15, -0.1) is 26.3 Å². The van der Waals surface area contributed by atoms with E-state index < -0.39 is 6.10 Å². The van der Waals surface area contributed by atoms with Gasteiger partial charge in [-0.25, -0.2) is 0 Å². The van der Waals surface area contributed by atoms with Crippen molar-refractivity contribution < 1.29 is 28.5 Å². The maximum atomic E-state index is 11.0. The minimum absolute atomic E-state index is 0.0650. The molecule has 0 aromatic heterocycles. The van der Waals surface area contributed by atoms with E-state index in [-0.39, 0.29) is 37.5 Å². The van der Waals surface area contributed by atoms with Gasteiger partial charge in [-0.3, -0.25) is 9.59 Å². The van der Waals surface area contributed by atoms with Crippen molar-refractivity contribution in [1.82, 2.24) is 0 Å². The first-order valence-corrected chi connectivity index (χ1v) is 8.39. The summed E-state index contributed by atoms with van der Waals surface area (Å²) in [5.74, 6) is -0.756. The van der Waals surface area contributed by atoms with Crippen LogP contribution in [0.15, 0.2) is 50.6 Å². The minimum Gasteiger partial charge on any atom is -0.462 e. The normalized spacial score (nSPS) is 11.8. The van der Waals surface area contributed by atoms with Crippen molar-refractivity contribution in [3.05, 3.63) is 50.6 Å². The summed E-state index contributed by atoms with van der Waals surface area (Å²) in [6.07, 6.45) is 6.37. The molecule has 0 spiro atoms. The van der Waals surface area contributed by atoms with Gasteiger partial charge in [-0.2, -0.15) is 0 Å². The number of carbonyl (C=O) groups excluding carboxylic acids is 2. The molecule has 148 valence electrons. The van der Waals surface area contributed by atoms with Gasteiger partial charge in [0.2, 0.25) is 0 Å². The van der Waals surface area contributed by atoms with E-state index in [1.165, 1.54) is 12.2 Å². The molecular weight excluding hydrogens is 336 g/mol. The molecule has 0 amide bonds. The van der Waals surface area contributed by atoms with E-state index >= 15 is 0 Å². The molecule has 26 heavy (non-hydrogen) atoms. The first kappa shape index (κ1) is 26.1. The molecular formula is C20H32O6. The van der Waals surface area contributed by atoms with Crippen LogP contribution in [0.4, 0.5) is 0 Å². The van der Waals surface area contributed by atoms with Crippen molar-refractivity contribution in [3.63, 3.8) is 0 Å². The highest BCUT2D eigenvalue weighted by molar-refractivity contribution is 5.72. The van der Waals surface area contributed by atoms with Gasteiger partial charge in [0.1, 0.15) is 12.7 Å². The lowest BCUT2D eigenvalue weighted by molar-refractivity contribution is -0.156. The lowest BCUT2D eigenvalue weighted by Crippen LogP contribution is -2.21. The summed E-state index contributed by atoms with van der Waals surface area (Å²) in [6, 6.07) is 0. The molecule has 0 saturated heterocycles. The van der Waals surface area contributed by atoms with Gasteiger partial charge in [-0.1, -0.05) is 24.3 Å². The van der Waals surface area contributed by atoms with Gasteiger partial charge >= 0.3 is 11.9 Å². The maximum Gasteiger partial charge on any atom is 0.310 e. The summed E-state index contributed by atoms with van der Waals surface area (Å²) in [4.78, 5) is 21.9. The summed E-state index contributed by atoms with van der Waals surface area (Å²) in [5.41, 5.74) is 0. The standard InChI is InChI=1S/C11H16O4.C9H16O2/c1-4-6-10(12)14-8-9(3)15-11(13)7-5-2;1-4-6-10-8-9(3)11-7-5-2/h4-5,9H,1-2,6-8H2,3H3;4-5,9H,1-2,6-8H2,3H3. The lowest BCUT2D eigenvalue weighted by atomic mass is 10.4. The Morgan fingerprint density at radius 2 is 1.38 bits per heavy atom. The van der Waals surface area contributed by atoms with Crippen LogP contribution in [-0.4, -0.2) is 50.6 Å². The van der Waals surface area contributed by atoms with Gasteiger partial charge in [-0.05, 0) is 13.8 Å². The van der Waals surface area contributed by atoms with E-state index in [0.29, 0.717) is 19.8 Å². The maximum absolute atomic E-state index is 11.0. The molecule has 0 bridgehead atoms. The Morgan fingerprint density at radius 3 is 1.92 bits per heavy atom. The molecule has 0 radical (unpaired) electrons. The van der Waals surface area contributed by atoms with Crippen LogP contribution in [0.3, 0.4) is 0 Å². The Morgan fingerprint density at radius 1 is 0.808 bits per heavy atom. The Kier molecular flexibility index (Phi) is 19.2. The third-order valence-corrected chi connectivity index (χ3v) is 2.52. The quantitative estimate of drug-likeness (QED) is 0.266. The van der Waals surface area contributed by atoms with Crippen LogP contribution in [-0.2, 0) is 28.5 Å². The number of hydrogen-bond acceptors (Lipinski definition) is 6. The lowest BCUT2D eigenvalue weighted by Gasteiger charge is -2.12. The fourth-order valence-electron chi connectivity index (χ4n) is 1.41. The molecule has 0 rings (SSSR count). The predicted octanol–water partition coefficient (Wildman–Crippen LogP) is 3.39. The van der Waals surface area contributed by atoms with Crippen LogP contribution in [0.1, 0.15) is 26.7 Å². The van der Waals surface area contributed by atoms with E-state index in [1.807, 2.05) is 6.92 Å². The SMILES string of the molecule is C=CCC(=O)OCC(C)OC(=O)CC=C.C=CCOCC(C)OCC=C. The highest BCUT2D eigenvalue weighted by Crippen LogP contribution is 1.98. The Hall–Kier alpha value is -2.18. The first-order chi connectivity index (χ1) is 12.4. The average molecular weight is 368 g/mol. The van der Waals surface area contributed by atoms with Crippen molar-refractivity contribution in [3.8, 4) is 0 Å². The largest absolute Gasteiger partial charge is 0.462 e. The molecule has 0 aromatic rings. The van der Waals surface area contributed by atoms with Gasteiger partial charge in [0, 0.05) is 0 Å². The third kappa shape index (κ3) is 19.9. The number of esters is 2. The summed E-state index contributed by atoms with van der Waals surface area (Å²) >= 11 is 0. The van der Waals surface area contributed by atoms with Crippen molar-refractivity contribution in [2.45, 2.75) is 38.9 Å². The minimum atomic E-state index is -0.439. The second-order valence-corrected chi connectivity index (χ2v) is 5.23. The molecule has 2 atom stereocenters. The van der Waals surface area contributed by atoms with Crippen molar-refractivity contribution in [2.24, 2.45) is 0 Å². The van der Waals surface area contributed by atoms with Crippen molar-refractivity contribution in [1.29, 1.82) is 0 Å². The van der Waals surface area contributed by atoms with Crippen LogP contribution in [0, 0.1) is 0 Å². The van der Waals surface area contributed by atoms with Gasteiger partial charge in [0.05, 0.1) is 38.8 Å². The fraction of sp³-hybridized carbons (Fsp3) is 0.500. The van der Waals surface area contributed by atoms with Crippen LogP contribution in [0.2, 0.25) is 0 Å². The molecule has 0 aromatic carbocycles. The second-order valence-electron chi connectivity index (χ2n) is 5.23. The van der Waals surface area contributed by atoms with E-state index in [2.05, 4.69) is 26.3 Å². The molecule has 2 unspecified atom stereocenters. The molecule has 0 aliphatic heterocycles.